The number of nitrogens with one attached hydrogen (secondary N) is 1. The summed E-state index contributed by atoms with van der Waals surface area (Å²) < 4.78 is 52.2. The third-order valence-electron chi connectivity index (χ3n) is 6.20. The first-order valence-electron chi connectivity index (χ1n) is 8.98. The lowest BCUT2D eigenvalue weighted by Gasteiger charge is -2.37. The quantitative estimate of drug-likeness (QED) is 0.574. The Bertz CT molecular complexity index is 892. The van der Waals surface area contributed by atoms with E-state index in [4.69, 9.17) is 20.8 Å². The average molecular weight is 441 g/mol. The minimum atomic E-state index is -4.87. The van der Waals surface area contributed by atoms with Crippen LogP contribution in [0.1, 0.15) is 39.0 Å². The number of rotatable bonds is 4. The number of aromatic amines is 1. The van der Waals surface area contributed by atoms with Crippen LogP contribution in [0, 0.1) is 5.92 Å². The van der Waals surface area contributed by atoms with E-state index >= 15 is 0 Å². The number of alkyl halides is 4. The molecule has 1 saturated carbocycles. The van der Waals surface area contributed by atoms with Crippen molar-refractivity contribution in [2.24, 2.45) is 5.92 Å². The van der Waals surface area contributed by atoms with Crippen molar-refractivity contribution in [3.8, 4) is 0 Å². The van der Waals surface area contributed by atoms with Crippen LogP contribution in [0.3, 0.4) is 0 Å². The highest BCUT2D eigenvalue weighted by atomic mass is 35.5. The van der Waals surface area contributed by atoms with Gasteiger partial charge in [-0.2, -0.15) is 13.2 Å². The molecule has 158 valence electrons. The van der Waals surface area contributed by atoms with Gasteiger partial charge < -0.3 is 9.16 Å². The van der Waals surface area contributed by atoms with E-state index < -0.39 is 43.1 Å². The SMILES string of the molecule is CC(C)(C)[Si](C)(C)O[C@H]1C2C[C@H](n3cc(C(F)(F)F)c(=O)[nH]c3=O)O[C@@]21CCl. The zero-order valence-corrected chi connectivity index (χ0v) is 18.1. The molecule has 0 amide bonds. The van der Waals surface area contributed by atoms with Crippen LogP contribution >= 0.6 is 11.6 Å². The molecule has 2 aliphatic rings. The van der Waals surface area contributed by atoms with Crippen LogP contribution in [0.5, 0.6) is 0 Å². The average Bonchev–Trinajstić information content (AvgIpc) is 2.92. The highest BCUT2D eigenvalue weighted by molar-refractivity contribution is 6.74. The molecule has 0 radical (unpaired) electrons. The maximum absolute atomic E-state index is 13.0. The Morgan fingerprint density at radius 1 is 1.36 bits per heavy atom. The Morgan fingerprint density at radius 3 is 2.43 bits per heavy atom. The topological polar surface area (TPSA) is 73.3 Å². The van der Waals surface area contributed by atoms with Crippen molar-refractivity contribution in [3.05, 3.63) is 32.6 Å². The van der Waals surface area contributed by atoms with Crippen LogP contribution in [0.15, 0.2) is 15.8 Å². The molecule has 1 aromatic rings. The predicted molar refractivity (Wildman–Crippen MR) is 100 cm³/mol. The third kappa shape index (κ3) is 3.38. The zero-order valence-electron chi connectivity index (χ0n) is 16.3. The summed E-state index contributed by atoms with van der Waals surface area (Å²) in [5.41, 5.74) is -4.68. The molecule has 28 heavy (non-hydrogen) atoms. The summed E-state index contributed by atoms with van der Waals surface area (Å²) >= 11 is 6.14. The minimum absolute atomic E-state index is 0.0196. The monoisotopic (exact) mass is 440 g/mol. The number of halogens is 4. The normalized spacial score (nSPS) is 30.4. The van der Waals surface area contributed by atoms with Gasteiger partial charge in [-0.1, -0.05) is 20.8 Å². The van der Waals surface area contributed by atoms with Crippen LogP contribution in [0.2, 0.25) is 18.1 Å². The molecule has 0 spiro atoms. The summed E-state index contributed by atoms with van der Waals surface area (Å²) in [4.78, 5) is 25.3. The van der Waals surface area contributed by atoms with Gasteiger partial charge in [0.1, 0.15) is 17.4 Å². The number of H-pyrrole nitrogens is 1. The maximum atomic E-state index is 13.0. The van der Waals surface area contributed by atoms with E-state index in [2.05, 4.69) is 33.9 Å². The molecule has 6 nitrogen and oxygen atoms in total. The van der Waals surface area contributed by atoms with E-state index in [0.717, 1.165) is 4.57 Å². The molecule has 1 aromatic heterocycles. The Kier molecular flexibility index (Phi) is 4.97. The summed E-state index contributed by atoms with van der Waals surface area (Å²) in [6.07, 6.45) is -5.25. The van der Waals surface area contributed by atoms with E-state index in [1.807, 2.05) is 0 Å². The van der Waals surface area contributed by atoms with E-state index in [-0.39, 0.29) is 29.4 Å². The number of hydrogen-bond donors (Lipinski definition) is 1. The van der Waals surface area contributed by atoms with Crippen molar-refractivity contribution in [2.45, 2.75) is 69.4 Å². The molecule has 1 N–H and O–H groups in total. The van der Waals surface area contributed by atoms with Crippen molar-refractivity contribution in [2.75, 3.05) is 5.88 Å². The smallest absolute Gasteiger partial charge is 0.411 e. The molecule has 4 atom stereocenters. The van der Waals surface area contributed by atoms with E-state index in [1.165, 1.54) is 0 Å². The maximum Gasteiger partial charge on any atom is 0.423 e. The lowest BCUT2D eigenvalue weighted by Crippen LogP contribution is -2.44. The molecule has 1 aliphatic heterocycles. The zero-order chi connectivity index (χ0) is 21.3. The molecule has 1 aliphatic carbocycles. The largest absolute Gasteiger partial charge is 0.423 e. The van der Waals surface area contributed by atoms with Gasteiger partial charge in [-0.05, 0) is 18.1 Å². The molecule has 0 bridgehead atoms. The summed E-state index contributed by atoms with van der Waals surface area (Å²) in [7, 11) is -2.09. The van der Waals surface area contributed by atoms with Crippen LogP contribution in [0.25, 0.3) is 0 Å². The lowest BCUT2D eigenvalue weighted by atomic mass is 10.2. The third-order valence-corrected chi connectivity index (χ3v) is 11.1. The number of nitrogens with zero attached hydrogens (tertiary/aromatic N) is 1. The van der Waals surface area contributed by atoms with Gasteiger partial charge in [-0.15, -0.1) is 11.6 Å². The second kappa shape index (κ2) is 6.45. The molecule has 1 unspecified atom stereocenters. The van der Waals surface area contributed by atoms with Crippen molar-refractivity contribution in [3.63, 3.8) is 0 Å². The molecule has 11 heteroatoms. The highest BCUT2D eigenvalue weighted by Crippen LogP contribution is 2.62. The second-order valence-corrected chi connectivity index (χ2v) is 14.0. The van der Waals surface area contributed by atoms with Crippen LogP contribution in [0.4, 0.5) is 13.2 Å². The van der Waals surface area contributed by atoms with Crippen molar-refractivity contribution in [1.29, 1.82) is 0 Å². The molecule has 2 heterocycles. The second-order valence-electron chi connectivity index (χ2n) is 9.01. The summed E-state index contributed by atoms with van der Waals surface area (Å²) in [6.45, 7) is 10.5. The van der Waals surface area contributed by atoms with Gasteiger partial charge in [-0.25, -0.2) is 4.79 Å². The minimum Gasteiger partial charge on any atom is -0.411 e. The number of ether oxygens (including phenoxy) is 1. The Morgan fingerprint density at radius 2 is 1.96 bits per heavy atom. The number of aromatic nitrogens is 2. The fourth-order valence-corrected chi connectivity index (χ4v) is 5.17. The van der Waals surface area contributed by atoms with Crippen LogP contribution < -0.4 is 11.2 Å². The molecule has 3 rings (SSSR count). The molecular formula is C17H24ClF3N2O4Si. The summed E-state index contributed by atoms with van der Waals surface area (Å²) in [5, 5.41) is -0.0196. The molecule has 0 aromatic carbocycles. The van der Waals surface area contributed by atoms with Crippen molar-refractivity contribution in [1.82, 2.24) is 9.55 Å². The Hall–Kier alpha value is -1.10. The predicted octanol–water partition coefficient (Wildman–Crippen LogP) is 3.47. The van der Waals surface area contributed by atoms with Gasteiger partial charge in [0.25, 0.3) is 5.56 Å². The molecular weight excluding hydrogens is 417 g/mol. The number of fused-ring (bicyclic) bond motifs is 1. The summed E-state index contributed by atoms with van der Waals surface area (Å²) in [6, 6.07) is 0. The van der Waals surface area contributed by atoms with Crippen molar-refractivity contribution >= 4 is 19.9 Å². The first-order valence-corrected chi connectivity index (χ1v) is 12.4. The van der Waals surface area contributed by atoms with Gasteiger partial charge >= 0.3 is 11.9 Å². The van der Waals surface area contributed by atoms with Gasteiger partial charge in [0.2, 0.25) is 0 Å². The van der Waals surface area contributed by atoms with Gasteiger partial charge in [0.15, 0.2) is 8.32 Å². The first kappa shape index (κ1) is 21.6. The first-order chi connectivity index (χ1) is 12.6. The van der Waals surface area contributed by atoms with Gasteiger partial charge in [-0.3, -0.25) is 14.3 Å². The van der Waals surface area contributed by atoms with Gasteiger partial charge in [0, 0.05) is 18.5 Å². The van der Waals surface area contributed by atoms with Crippen LogP contribution in [-0.2, 0) is 15.3 Å². The Labute approximate surface area is 166 Å². The Balaban J connectivity index is 1.85. The van der Waals surface area contributed by atoms with Crippen molar-refractivity contribution < 1.29 is 22.3 Å². The number of hydrogen-bond acceptors (Lipinski definition) is 4. The van der Waals surface area contributed by atoms with E-state index in [0.29, 0.717) is 6.20 Å². The standard InChI is InChI=1S/C17H24ClF3N2O4Si/c1-15(2,3)28(4,5)27-12-9-6-11(26-16(9,12)8-18)23-7-10(17(19,20)21)13(24)22-14(23)25/h7,9,11-12H,6,8H2,1-5H3,(H,22,24,25)/t9?,11-,12+,16+/m1/s1. The summed E-state index contributed by atoms with van der Waals surface area (Å²) in [5.74, 6) is -0.00480. The fourth-order valence-electron chi connectivity index (χ4n) is 3.41. The van der Waals surface area contributed by atoms with E-state index in [1.54, 1.807) is 4.98 Å². The fraction of sp³-hybridized carbons (Fsp3) is 0.765. The lowest BCUT2D eigenvalue weighted by molar-refractivity contribution is -0.139. The van der Waals surface area contributed by atoms with Crippen LogP contribution in [-0.4, -0.2) is 35.5 Å². The van der Waals surface area contributed by atoms with E-state index in [9.17, 15) is 22.8 Å². The molecule has 1 saturated heterocycles. The highest BCUT2D eigenvalue weighted by Gasteiger charge is 2.73. The van der Waals surface area contributed by atoms with Gasteiger partial charge in [0.05, 0.1) is 12.0 Å². The molecule has 2 fully saturated rings.